The van der Waals surface area contributed by atoms with Crippen molar-refractivity contribution >= 4 is 17.3 Å². The SMILES string of the molecule is CC[C@@]1(O)CC[C@@]2(Cc3ccccc3)c3ccc(C(=O)Cc4cccnc4C)cc3C(=O)CC[C@H]2C1.CC[C@@]1(O)CC[C@@]2(Cc3ccccc3)c3ccc(C(=O)Cc4cccnc4C)cc3CCC[C@H]2C1. The molecule has 0 saturated heterocycles. The molecule has 2 aromatic heterocycles. The zero-order valence-electron chi connectivity index (χ0n) is 42.4. The van der Waals surface area contributed by atoms with Gasteiger partial charge in [-0.3, -0.25) is 24.4 Å². The highest BCUT2D eigenvalue weighted by Gasteiger charge is 2.52. The van der Waals surface area contributed by atoms with Crippen molar-refractivity contribution in [1.82, 2.24) is 9.97 Å². The van der Waals surface area contributed by atoms with Crippen LogP contribution >= 0.6 is 0 Å². The van der Waals surface area contributed by atoms with E-state index in [0.717, 1.165) is 117 Å². The fourth-order valence-corrected chi connectivity index (χ4v) is 13.3. The molecule has 7 heteroatoms. The van der Waals surface area contributed by atoms with Gasteiger partial charge in [-0.15, -0.1) is 0 Å². The molecule has 0 amide bonds. The number of ketones is 3. The molecule has 2 fully saturated rings. The Balaban J connectivity index is 0.000000176. The average Bonchev–Trinajstić information content (AvgIpc) is 3.61. The van der Waals surface area contributed by atoms with Crippen LogP contribution in [0.4, 0.5) is 0 Å². The van der Waals surface area contributed by atoms with Crippen molar-refractivity contribution in [3.8, 4) is 0 Å². The van der Waals surface area contributed by atoms with Gasteiger partial charge in [-0.25, -0.2) is 0 Å². The van der Waals surface area contributed by atoms with E-state index in [1.165, 1.54) is 22.3 Å². The van der Waals surface area contributed by atoms with Crippen molar-refractivity contribution in [1.29, 1.82) is 0 Å². The quantitative estimate of drug-likeness (QED) is 0.117. The first-order valence-electron chi connectivity index (χ1n) is 26.5. The highest BCUT2D eigenvalue weighted by Crippen LogP contribution is 2.56. The molecule has 0 unspecified atom stereocenters. The number of benzene rings is 4. The molecule has 4 aromatic carbocycles. The average molecular weight is 949 g/mol. The lowest BCUT2D eigenvalue weighted by molar-refractivity contribution is -0.0499. The molecule has 0 bridgehead atoms. The Morgan fingerprint density at radius 2 is 1.07 bits per heavy atom. The van der Waals surface area contributed by atoms with Crippen LogP contribution in [0.5, 0.6) is 0 Å². The standard InChI is InChI=1S/C32H35NO3.C32H37NO2/c1-3-31(36)15-16-32(20-23-8-5-4-6-9-23)26(21-31)12-14-29(34)27-18-25(11-13-28(27)32)30(35)19-24-10-7-17-33-22(24)2;1-3-31(35)16-17-32(21-24-9-5-4-6-10-24)28(22-31)13-7-11-26-19-27(14-15-29(26)32)30(34)20-25-12-8-18-33-23(25)2/h4-11,13,17-18,26,36H,3,12,14-16,19-21H2,1-2H3;4-6,8-10,12,14-15,18-19,28,35H,3,7,11,13,16-17,20-22H2,1-2H3/t26-,31+,32-;28-,31+,32-/m00/s1. The van der Waals surface area contributed by atoms with E-state index in [9.17, 15) is 24.6 Å². The van der Waals surface area contributed by atoms with Crippen LogP contribution in [-0.4, -0.2) is 48.7 Å². The number of aliphatic hydroxyl groups is 2. The fourth-order valence-electron chi connectivity index (χ4n) is 13.3. The van der Waals surface area contributed by atoms with E-state index in [0.29, 0.717) is 36.3 Å². The van der Waals surface area contributed by atoms with Crippen molar-refractivity contribution in [3.63, 3.8) is 0 Å². The van der Waals surface area contributed by atoms with Gasteiger partial charge in [0.1, 0.15) is 0 Å². The number of carbonyl (C=O) groups excluding carboxylic acids is 3. The van der Waals surface area contributed by atoms with Crippen LogP contribution in [0, 0.1) is 25.7 Å². The molecule has 2 heterocycles. The Hall–Kier alpha value is -5.89. The van der Waals surface area contributed by atoms with Crippen molar-refractivity contribution in [2.45, 2.75) is 159 Å². The second-order valence-corrected chi connectivity index (χ2v) is 21.8. The third kappa shape index (κ3) is 10.5. The highest BCUT2D eigenvalue weighted by atomic mass is 16.3. The van der Waals surface area contributed by atoms with Gasteiger partial charge in [0.05, 0.1) is 11.2 Å². The Morgan fingerprint density at radius 3 is 1.59 bits per heavy atom. The predicted molar refractivity (Wildman–Crippen MR) is 282 cm³/mol. The smallest absolute Gasteiger partial charge is 0.167 e. The van der Waals surface area contributed by atoms with Gasteiger partial charge < -0.3 is 10.2 Å². The number of Topliss-reactive ketones (excluding diaryl/α,β-unsaturated/α-hetero) is 3. The van der Waals surface area contributed by atoms with E-state index in [1.54, 1.807) is 12.4 Å². The summed E-state index contributed by atoms with van der Waals surface area (Å²) in [5.41, 5.74) is 10.8. The van der Waals surface area contributed by atoms with Crippen LogP contribution in [0.15, 0.2) is 134 Å². The summed E-state index contributed by atoms with van der Waals surface area (Å²) in [4.78, 5) is 48.6. The van der Waals surface area contributed by atoms with Crippen molar-refractivity contribution in [2.24, 2.45) is 11.8 Å². The maximum atomic E-state index is 13.5. The molecule has 0 aliphatic heterocycles. The zero-order valence-corrected chi connectivity index (χ0v) is 42.4. The van der Waals surface area contributed by atoms with Crippen molar-refractivity contribution < 1.29 is 24.6 Å². The molecule has 2 saturated carbocycles. The predicted octanol–water partition coefficient (Wildman–Crippen LogP) is 12.8. The summed E-state index contributed by atoms with van der Waals surface area (Å²) >= 11 is 0. The molecule has 7 nitrogen and oxygen atoms in total. The van der Waals surface area contributed by atoms with Gasteiger partial charge in [-0.05, 0) is 179 Å². The lowest BCUT2D eigenvalue weighted by atomic mass is 9.55. The maximum absolute atomic E-state index is 13.5. The van der Waals surface area contributed by atoms with Crippen LogP contribution in [0.1, 0.15) is 172 Å². The molecule has 10 rings (SSSR count). The van der Waals surface area contributed by atoms with Crippen LogP contribution < -0.4 is 0 Å². The summed E-state index contributed by atoms with van der Waals surface area (Å²) in [5.74, 6) is 0.928. The first kappa shape index (κ1) is 50.1. The number of fused-ring (bicyclic) bond motifs is 6. The normalized spacial score (nSPS) is 25.7. The third-order valence-electron chi connectivity index (χ3n) is 17.7. The summed E-state index contributed by atoms with van der Waals surface area (Å²) in [5, 5.41) is 22.5. The van der Waals surface area contributed by atoms with E-state index >= 15 is 0 Å². The van der Waals surface area contributed by atoms with Crippen molar-refractivity contribution in [3.05, 3.63) is 201 Å². The minimum Gasteiger partial charge on any atom is -0.390 e. The highest BCUT2D eigenvalue weighted by molar-refractivity contribution is 6.03. The van der Waals surface area contributed by atoms with Gasteiger partial charge in [0.2, 0.25) is 0 Å². The fraction of sp³-hybridized carbons (Fsp3) is 0.422. The number of aryl methyl sites for hydroxylation is 3. The summed E-state index contributed by atoms with van der Waals surface area (Å²) in [7, 11) is 0. The topological polar surface area (TPSA) is 117 Å². The first-order chi connectivity index (χ1) is 34.3. The van der Waals surface area contributed by atoms with Crippen LogP contribution in [0.2, 0.25) is 0 Å². The first-order valence-corrected chi connectivity index (χ1v) is 26.5. The Kier molecular flexibility index (Phi) is 14.9. The minimum absolute atomic E-state index is 0.00334. The molecule has 4 aliphatic carbocycles. The van der Waals surface area contributed by atoms with Gasteiger partial charge in [0.15, 0.2) is 17.3 Å². The Morgan fingerprint density at radius 1 is 0.577 bits per heavy atom. The summed E-state index contributed by atoms with van der Waals surface area (Å²) < 4.78 is 0. The molecular weight excluding hydrogens is 877 g/mol. The van der Waals surface area contributed by atoms with Crippen molar-refractivity contribution in [2.75, 3.05) is 0 Å². The minimum atomic E-state index is -0.671. The van der Waals surface area contributed by atoms with Gasteiger partial charge in [-0.2, -0.15) is 0 Å². The summed E-state index contributed by atoms with van der Waals surface area (Å²) in [6, 6.07) is 41.3. The van der Waals surface area contributed by atoms with E-state index in [4.69, 9.17) is 0 Å². The molecule has 0 radical (unpaired) electrons. The molecule has 71 heavy (non-hydrogen) atoms. The number of carbonyl (C=O) groups is 3. The monoisotopic (exact) mass is 949 g/mol. The lowest BCUT2D eigenvalue weighted by Gasteiger charge is -2.50. The van der Waals surface area contributed by atoms with Gasteiger partial charge in [0.25, 0.3) is 0 Å². The zero-order chi connectivity index (χ0) is 49.8. The number of rotatable bonds is 12. The van der Waals surface area contributed by atoms with Crippen LogP contribution in [0.3, 0.4) is 0 Å². The number of aromatic nitrogens is 2. The Bertz CT molecular complexity index is 2880. The van der Waals surface area contributed by atoms with E-state index in [1.807, 2.05) is 62.4 Å². The van der Waals surface area contributed by atoms with Gasteiger partial charge >= 0.3 is 0 Å². The molecule has 6 aromatic rings. The second-order valence-electron chi connectivity index (χ2n) is 21.8. The van der Waals surface area contributed by atoms with Crippen LogP contribution in [0.25, 0.3) is 0 Å². The molecule has 368 valence electrons. The van der Waals surface area contributed by atoms with Gasteiger partial charge in [0, 0.05) is 70.6 Å². The number of nitrogens with zero attached hydrogens (tertiary/aromatic N) is 2. The number of pyridine rings is 2. The third-order valence-corrected chi connectivity index (χ3v) is 17.7. The molecule has 0 spiro atoms. The second kappa shape index (κ2) is 21.1. The van der Waals surface area contributed by atoms with Crippen LogP contribution in [-0.2, 0) is 42.9 Å². The van der Waals surface area contributed by atoms with Gasteiger partial charge in [-0.1, -0.05) is 111 Å². The van der Waals surface area contributed by atoms with E-state index < -0.39 is 11.2 Å². The number of hydrogen-bond acceptors (Lipinski definition) is 7. The molecule has 4 aliphatic rings. The molecule has 2 N–H and O–H groups in total. The largest absolute Gasteiger partial charge is 0.390 e. The number of hydrogen-bond donors (Lipinski definition) is 2. The maximum Gasteiger partial charge on any atom is 0.167 e. The van der Waals surface area contributed by atoms with E-state index in [2.05, 4.69) is 96.6 Å². The Labute approximate surface area is 421 Å². The summed E-state index contributed by atoms with van der Waals surface area (Å²) in [6.07, 6.45) is 17.0. The molecular formula is C64H72N2O5. The lowest BCUT2D eigenvalue weighted by Crippen LogP contribution is -2.48. The summed E-state index contributed by atoms with van der Waals surface area (Å²) in [6.45, 7) is 8.06. The molecule has 6 atom stereocenters. The van der Waals surface area contributed by atoms with E-state index in [-0.39, 0.29) is 40.5 Å².